The molecule has 0 radical (unpaired) electrons. The third kappa shape index (κ3) is 4.55. The zero-order valence-electron chi connectivity index (χ0n) is 17.7. The van der Waals surface area contributed by atoms with E-state index in [0.717, 1.165) is 21.4 Å². The van der Waals surface area contributed by atoms with Crippen LogP contribution >= 0.6 is 11.9 Å². The molecule has 0 spiro atoms. The van der Waals surface area contributed by atoms with Gasteiger partial charge in [-0.05, 0) is 47.8 Å². The zero-order valence-corrected chi connectivity index (χ0v) is 18.6. The Bertz CT molecular complexity index is 1300. The zero-order chi connectivity index (χ0) is 22.8. The number of nitrogens with zero attached hydrogens (tertiary/aromatic N) is 2. The number of β-amino-alcohol motifs (C(OH)–C–C–N with tert-alkyl or cyclic N) is 1. The van der Waals surface area contributed by atoms with Crippen molar-refractivity contribution in [2.24, 2.45) is 0 Å². The molecule has 1 aliphatic heterocycles. The van der Waals surface area contributed by atoms with Crippen LogP contribution in [0.25, 0.3) is 10.9 Å². The number of halogens is 1. The first kappa shape index (κ1) is 21.4. The van der Waals surface area contributed by atoms with Crippen molar-refractivity contribution in [3.8, 4) is 0 Å². The molecule has 166 valence electrons. The van der Waals surface area contributed by atoms with Gasteiger partial charge in [0.05, 0.1) is 29.2 Å². The van der Waals surface area contributed by atoms with Gasteiger partial charge in [-0.25, -0.2) is 4.39 Å². The predicted molar refractivity (Wildman–Crippen MR) is 129 cm³/mol. The van der Waals surface area contributed by atoms with Gasteiger partial charge in [0, 0.05) is 23.6 Å². The van der Waals surface area contributed by atoms with Gasteiger partial charge < -0.3 is 14.7 Å². The summed E-state index contributed by atoms with van der Waals surface area (Å²) in [6.45, 7) is 0.457. The first-order valence-electron chi connectivity index (χ1n) is 10.6. The van der Waals surface area contributed by atoms with Crippen LogP contribution in [0.5, 0.6) is 0 Å². The van der Waals surface area contributed by atoms with Gasteiger partial charge in [0.1, 0.15) is 11.4 Å². The number of pyridine rings is 1. The van der Waals surface area contributed by atoms with E-state index in [1.54, 1.807) is 23.2 Å². The number of hydrogen-bond acceptors (Lipinski definition) is 5. The first-order chi connectivity index (χ1) is 16.0. The van der Waals surface area contributed by atoms with Gasteiger partial charge in [0.25, 0.3) is 5.91 Å². The van der Waals surface area contributed by atoms with Crippen LogP contribution in [-0.2, 0) is 6.42 Å². The molecular formula is C26H22FN3O2S. The molecule has 0 atom stereocenters. The van der Waals surface area contributed by atoms with Crippen molar-refractivity contribution in [1.29, 1.82) is 0 Å². The average molecular weight is 460 g/mol. The summed E-state index contributed by atoms with van der Waals surface area (Å²) in [6, 6.07) is 23.8. The van der Waals surface area contributed by atoms with Gasteiger partial charge in [-0.3, -0.25) is 9.78 Å². The Morgan fingerprint density at radius 3 is 2.64 bits per heavy atom. The minimum Gasteiger partial charge on any atom is -0.386 e. The number of para-hydroxylation sites is 1. The largest absolute Gasteiger partial charge is 0.386 e. The Morgan fingerprint density at radius 1 is 1.06 bits per heavy atom. The maximum atomic E-state index is 14.7. The number of likely N-dealkylation sites (tertiary alicyclic amines) is 1. The quantitative estimate of drug-likeness (QED) is 0.401. The molecule has 3 aromatic carbocycles. The molecule has 1 aromatic heterocycles. The SMILES string of the molecule is O=C(c1ccc(NSc2cccc3cccnc23)c(F)c1)N1CC(O)(Cc2ccccc2)C1. The van der Waals surface area contributed by atoms with Crippen molar-refractivity contribution in [3.63, 3.8) is 0 Å². The number of benzene rings is 3. The Balaban J connectivity index is 1.22. The van der Waals surface area contributed by atoms with E-state index in [-0.39, 0.29) is 30.2 Å². The Kier molecular flexibility index (Phi) is 5.74. The summed E-state index contributed by atoms with van der Waals surface area (Å²) in [5.41, 5.74) is 1.46. The van der Waals surface area contributed by atoms with Crippen LogP contribution in [0.4, 0.5) is 10.1 Å². The fourth-order valence-corrected chi connectivity index (χ4v) is 4.88. The molecule has 33 heavy (non-hydrogen) atoms. The number of aliphatic hydroxyl groups is 1. The lowest BCUT2D eigenvalue weighted by molar-refractivity contribution is -0.0799. The summed E-state index contributed by atoms with van der Waals surface area (Å²) < 4.78 is 17.8. The maximum absolute atomic E-state index is 14.7. The number of carbonyl (C=O) groups excluding carboxylic acids is 1. The second-order valence-electron chi connectivity index (χ2n) is 8.28. The molecule has 1 amide bonds. The average Bonchev–Trinajstić information content (AvgIpc) is 2.82. The highest BCUT2D eigenvalue weighted by atomic mass is 32.2. The molecule has 5 rings (SSSR count). The molecule has 0 aliphatic carbocycles. The van der Waals surface area contributed by atoms with Gasteiger partial charge in [0.2, 0.25) is 0 Å². The number of fused-ring (bicyclic) bond motifs is 1. The molecule has 2 N–H and O–H groups in total. The summed E-state index contributed by atoms with van der Waals surface area (Å²) in [6.07, 6.45) is 2.21. The van der Waals surface area contributed by atoms with E-state index in [2.05, 4.69) is 9.71 Å². The van der Waals surface area contributed by atoms with Crippen molar-refractivity contribution < 1.29 is 14.3 Å². The molecular weight excluding hydrogens is 437 g/mol. The van der Waals surface area contributed by atoms with Crippen LogP contribution in [0.15, 0.2) is 90.0 Å². The van der Waals surface area contributed by atoms with Crippen LogP contribution < -0.4 is 4.72 Å². The monoisotopic (exact) mass is 459 g/mol. The van der Waals surface area contributed by atoms with E-state index in [0.29, 0.717) is 6.42 Å². The van der Waals surface area contributed by atoms with Crippen molar-refractivity contribution >= 4 is 34.4 Å². The number of carbonyl (C=O) groups is 1. The highest BCUT2D eigenvalue weighted by Crippen LogP contribution is 2.30. The summed E-state index contributed by atoms with van der Waals surface area (Å²) in [7, 11) is 0. The second kappa shape index (κ2) is 8.84. The standard InChI is InChI=1S/C26H22FN3O2S/c27-21-14-20(25(31)30-16-26(32,17-30)15-18-6-2-1-3-7-18)11-12-22(21)29-33-23-10-4-8-19-9-5-13-28-24(19)23/h1-14,29,32H,15-17H2. The molecule has 1 fully saturated rings. The number of nitrogens with one attached hydrogen (secondary N) is 1. The molecule has 0 bridgehead atoms. The maximum Gasteiger partial charge on any atom is 0.254 e. The third-order valence-electron chi connectivity index (χ3n) is 5.72. The molecule has 0 unspecified atom stereocenters. The van der Waals surface area contributed by atoms with Gasteiger partial charge in [0.15, 0.2) is 0 Å². The molecule has 1 saturated heterocycles. The van der Waals surface area contributed by atoms with Gasteiger partial charge in [-0.1, -0.05) is 48.5 Å². The fraction of sp³-hybridized carbons (Fsp3) is 0.154. The van der Waals surface area contributed by atoms with E-state index in [1.807, 2.05) is 60.7 Å². The van der Waals surface area contributed by atoms with E-state index < -0.39 is 11.4 Å². The summed E-state index contributed by atoms with van der Waals surface area (Å²) >= 11 is 1.27. The molecule has 4 aromatic rings. The topological polar surface area (TPSA) is 65.5 Å². The first-order valence-corrected chi connectivity index (χ1v) is 11.4. The van der Waals surface area contributed by atoms with Gasteiger partial charge in [-0.15, -0.1) is 0 Å². The van der Waals surface area contributed by atoms with E-state index >= 15 is 0 Å². The number of amides is 1. The van der Waals surface area contributed by atoms with E-state index in [1.165, 1.54) is 18.0 Å². The summed E-state index contributed by atoms with van der Waals surface area (Å²) in [5.74, 6) is -0.800. The van der Waals surface area contributed by atoms with Gasteiger partial charge >= 0.3 is 0 Å². The molecule has 5 nitrogen and oxygen atoms in total. The van der Waals surface area contributed by atoms with Crippen molar-refractivity contribution in [1.82, 2.24) is 9.88 Å². The van der Waals surface area contributed by atoms with Crippen LogP contribution in [0, 0.1) is 5.82 Å². The molecule has 7 heteroatoms. The lowest BCUT2D eigenvalue weighted by Gasteiger charge is -2.46. The summed E-state index contributed by atoms with van der Waals surface area (Å²) in [4.78, 5) is 19.6. The Labute approximate surface area is 195 Å². The number of aromatic nitrogens is 1. The van der Waals surface area contributed by atoms with Crippen molar-refractivity contribution in [2.75, 3.05) is 17.8 Å². The van der Waals surface area contributed by atoms with Crippen molar-refractivity contribution in [3.05, 3.63) is 102 Å². The molecule has 0 saturated carbocycles. The smallest absolute Gasteiger partial charge is 0.254 e. The van der Waals surface area contributed by atoms with Crippen LogP contribution in [0.3, 0.4) is 0 Å². The highest BCUT2D eigenvalue weighted by molar-refractivity contribution is 8.00. The minimum absolute atomic E-state index is 0.228. The van der Waals surface area contributed by atoms with Crippen LogP contribution in [-0.4, -0.2) is 39.6 Å². The minimum atomic E-state index is -0.944. The number of hydrogen-bond donors (Lipinski definition) is 2. The highest BCUT2D eigenvalue weighted by Gasteiger charge is 2.43. The lowest BCUT2D eigenvalue weighted by atomic mass is 9.86. The van der Waals surface area contributed by atoms with Crippen LogP contribution in [0.1, 0.15) is 15.9 Å². The van der Waals surface area contributed by atoms with E-state index in [9.17, 15) is 14.3 Å². The Hall–Kier alpha value is -3.42. The fourth-order valence-electron chi connectivity index (χ4n) is 4.08. The number of rotatable bonds is 6. The predicted octanol–water partition coefficient (Wildman–Crippen LogP) is 4.92. The lowest BCUT2D eigenvalue weighted by Crippen LogP contribution is -2.64. The second-order valence-corrected chi connectivity index (χ2v) is 9.13. The van der Waals surface area contributed by atoms with Crippen molar-refractivity contribution in [2.45, 2.75) is 16.9 Å². The Morgan fingerprint density at radius 2 is 1.85 bits per heavy atom. The molecule has 1 aliphatic rings. The van der Waals surface area contributed by atoms with Crippen LogP contribution in [0.2, 0.25) is 0 Å². The van der Waals surface area contributed by atoms with Gasteiger partial charge in [-0.2, -0.15) is 0 Å². The normalized spacial score (nSPS) is 14.7. The summed E-state index contributed by atoms with van der Waals surface area (Å²) in [5, 5.41) is 11.7. The van der Waals surface area contributed by atoms with E-state index in [4.69, 9.17) is 0 Å². The third-order valence-corrected chi connectivity index (χ3v) is 6.59. The molecule has 2 heterocycles. The number of anilines is 1.